The second kappa shape index (κ2) is 8.75. The molecular formula is C18H16Cl2N4O3. The number of nitrogens with zero attached hydrogens (tertiary/aromatic N) is 3. The summed E-state index contributed by atoms with van der Waals surface area (Å²) in [6, 6.07) is 10.3. The molecule has 0 bridgehead atoms. The van der Waals surface area contributed by atoms with Gasteiger partial charge in [0.1, 0.15) is 5.69 Å². The summed E-state index contributed by atoms with van der Waals surface area (Å²) in [5.74, 6) is 1.13. The van der Waals surface area contributed by atoms with Gasteiger partial charge in [-0.05, 0) is 30.3 Å². The van der Waals surface area contributed by atoms with E-state index in [2.05, 4.69) is 20.3 Å². The van der Waals surface area contributed by atoms with Gasteiger partial charge < -0.3 is 19.5 Å². The number of methoxy groups -OCH3 is 2. The van der Waals surface area contributed by atoms with Crippen molar-refractivity contribution in [2.45, 2.75) is 6.54 Å². The molecule has 0 aliphatic carbocycles. The van der Waals surface area contributed by atoms with Crippen molar-refractivity contribution in [3.05, 3.63) is 58.3 Å². The first-order valence-electron chi connectivity index (χ1n) is 7.87. The van der Waals surface area contributed by atoms with Gasteiger partial charge in [0, 0.05) is 11.2 Å². The number of rotatable bonds is 7. The number of hydrogen-bond donors (Lipinski definition) is 1. The molecule has 2 heterocycles. The highest BCUT2D eigenvalue weighted by molar-refractivity contribution is 6.35. The highest BCUT2D eigenvalue weighted by Crippen LogP contribution is 2.28. The van der Waals surface area contributed by atoms with E-state index in [9.17, 15) is 0 Å². The molecule has 3 aromatic rings. The maximum atomic E-state index is 6.18. The van der Waals surface area contributed by atoms with E-state index in [1.54, 1.807) is 42.6 Å². The Bertz CT molecular complexity index is 918. The van der Waals surface area contributed by atoms with E-state index in [1.165, 1.54) is 14.2 Å². The highest BCUT2D eigenvalue weighted by Gasteiger charge is 2.12. The van der Waals surface area contributed by atoms with Crippen LogP contribution in [0.25, 0.3) is 0 Å². The zero-order valence-electron chi connectivity index (χ0n) is 14.6. The molecule has 0 radical (unpaired) electrons. The lowest BCUT2D eigenvalue weighted by molar-refractivity contribution is 0.347. The van der Waals surface area contributed by atoms with Gasteiger partial charge >= 0.3 is 6.01 Å². The number of pyridine rings is 1. The minimum atomic E-state index is 0.0845. The maximum absolute atomic E-state index is 6.18. The minimum absolute atomic E-state index is 0.0845. The smallest absolute Gasteiger partial charge is 0.328 e. The van der Waals surface area contributed by atoms with Gasteiger partial charge in [-0.2, -0.15) is 9.97 Å². The van der Waals surface area contributed by atoms with Gasteiger partial charge in [0.2, 0.25) is 11.8 Å². The molecule has 140 valence electrons. The maximum Gasteiger partial charge on any atom is 0.328 e. The molecule has 7 nitrogen and oxygen atoms in total. The quantitative estimate of drug-likeness (QED) is 0.613. The first-order chi connectivity index (χ1) is 13.1. The van der Waals surface area contributed by atoms with Gasteiger partial charge in [0.15, 0.2) is 5.75 Å². The lowest BCUT2D eigenvalue weighted by atomic mass is 10.3. The Balaban J connectivity index is 1.81. The first kappa shape index (κ1) is 19.0. The van der Waals surface area contributed by atoms with Crippen LogP contribution in [0.5, 0.6) is 23.5 Å². The normalized spacial score (nSPS) is 10.4. The molecule has 0 saturated carbocycles. The third-order valence-electron chi connectivity index (χ3n) is 3.50. The van der Waals surface area contributed by atoms with Crippen molar-refractivity contribution in [3.8, 4) is 23.5 Å². The molecule has 3 rings (SSSR count). The van der Waals surface area contributed by atoms with Crippen molar-refractivity contribution < 1.29 is 14.2 Å². The van der Waals surface area contributed by atoms with Crippen LogP contribution in [0.1, 0.15) is 5.69 Å². The van der Waals surface area contributed by atoms with Gasteiger partial charge in [0.25, 0.3) is 0 Å². The lowest BCUT2D eigenvalue weighted by Crippen LogP contribution is -2.05. The molecule has 1 N–H and O–H groups in total. The average Bonchev–Trinajstić information content (AvgIpc) is 2.69. The van der Waals surface area contributed by atoms with Crippen molar-refractivity contribution in [1.82, 2.24) is 15.0 Å². The van der Waals surface area contributed by atoms with Gasteiger partial charge in [-0.1, -0.05) is 23.2 Å². The first-order valence-corrected chi connectivity index (χ1v) is 8.62. The second-order valence-corrected chi connectivity index (χ2v) is 6.11. The van der Waals surface area contributed by atoms with Crippen molar-refractivity contribution in [3.63, 3.8) is 0 Å². The van der Waals surface area contributed by atoms with Gasteiger partial charge in [0.05, 0.1) is 37.5 Å². The molecule has 1 aromatic carbocycles. The fourth-order valence-corrected chi connectivity index (χ4v) is 2.55. The van der Waals surface area contributed by atoms with E-state index in [0.717, 1.165) is 0 Å². The molecule has 0 aliphatic heterocycles. The Morgan fingerprint density at radius 1 is 1.00 bits per heavy atom. The number of hydrogen-bond acceptors (Lipinski definition) is 7. The van der Waals surface area contributed by atoms with Crippen molar-refractivity contribution in [2.75, 3.05) is 19.5 Å². The predicted octanol–water partition coefficient (Wildman–Crippen LogP) is 4.60. The van der Waals surface area contributed by atoms with Crippen molar-refractivity contribution in [1.29, 1.82) is 0 Å². The summed E-state index contributed by atoms with van der Waals surface area (Å²) in [5.41, 5.74) is 1.33. The Labute approximate surface area is 166 Å². The van der Waals surface area contributed by atoms with E-state index in [0.29, 0.717) is 45.5 Å². The van der Waals surface area contributed by atoms with Crippen molar-refractivity contribution >= 4 is 28.9 Å². The van der Waals surface area contributed by atoms with E-state index in [-0.39, 0.29) is 6.01 Å². The van der Waals surface area contributed by atoms with Gasteiger partial charge in [-0.25, -0.2) is 0 Å². The summed E-state index contributed by atoms with van der Waals surface area (Å²) in [6.07, 6.45) is 1.66. The monoisotopic (exact) mass is 406 g/mol. The molecule has 0 atom stereocenters. The SMILES string of the molecule is COc1cc(OC)nc(Oc2cccnc2CNc2cc(Cl)ccc2Cl)n1. The second-order valence-electron chi connectivity index (χ2n) is 5.26. The van der Waals surface area contributed by atoms with Crippen LogP contribution < -0.4 is 19.5 Å². The number of anilines is 1. The summed E-state index contributed by atoms with van der Waals surface area (Å²) >= 11 is 12.2. The Morgan fingerprint density at radius 2 is 1.74 bits per heavy atom. The molecular weight excluding hydrogens is 391 g/mol. The Morgan fingerprint density at radius 3 is 2.44 bits per heavy atom. The fourth-order valence-electron chi connectivity index (χ4n) is 2.20. The fraction of sp³-hybridized carbons (Fsp3) is 0.167. The standard InChI is InChI=1S/C18H16Cl2N4O3/c1-25-16-9-17(26-2)24-18(23-16)27-15-4-3-7-21-14(15)10-22-13-8-11(19)5-6-12(13)20/h3-9,22H,10H2,1-2H3. The molecule has 0 fully saturated rings. The third kappa shape index (κ3) is 4.90. The zero-order valence-corrected chi connectivity index (χ0v) is 16.1. The van der Waals surface area contributed by atoms with Crippen LogP contribution in [-0.4, -0.2) is 29.2 Å². The van der Waals surface area contributed by atoms with Gasteiger partial charge in [-0.15, -0.1) is 0 Å². The van der Waals surface area contributed by atoms with Crippen LogP contribution in [0, 0.1) is 0 Å². The summed E-state index contributed by atoms with van der Waals surface area (Å²) < 4.78 is 16.1. The van der Waals surface area contributed by atoms with Crippen LogP contribution in [0.4, 0.5) is 5.69 Å². The van der Waals surface area contributed by atoms with Crippen molar-refractivity contribution in [2.24, 2.45) is 0 Å². The molecule has 0 unspecified atom stereocenters. The lowest BCUT2D eigenvalue weighted by Gasteiger charge is -2.12. The minimum Gasteiger partial charge on any atom is -0.481 e. The van der Waals surface area contributed by atoms with Crippen LogP contribution in [0.2, 0.25) is 10.0 Å². The largest absolute Gasteiger partial charge is 0.481 e. The highest BCUT2D eigenvalue weighted by atomic mass is 35.5. The molecule has 0 amide bonds. The summed E-state index contributed by atoms with van der Waals surface area (Å²) in [4.78, 5) is 12.7. The molecule has 0 aliphatic rings. The molecule has 2 aromatic heterocycles. The van der Waals surface area contributed by atoms with E-state index >= 15 is 0 Å². The number of benzene rings is 1. The average molecular weight is 407 g/mol. The summed E-state index contributed by atoms with van der Waals surface area (Å²) in [5, 5.41) is 4.33. The Hall–Kier alpha value is -2.77. The van der Waals surface area contributed by atoms with Crippen LogP contribution in [-0.2, 0) is 6.54 Å². The Kier molecular flexibility index (Phi) is 6.16. The predicted molar refractivity (Wildman–Crippen MR) is 103 cm³/mol. The molecule has 0 spiro atoms. The van der Waals surface area contributed by atoms with E-state index < -0.39 is 0 Å². The molecule has 0 saturated heterocycles. The number of halogens is 2. The summed E-state index contributed by atoms with van der Waals surface area (Å²) in [7, 11) is 3.00. The topological polar surface area (TPSA) is 78.4 Å². The van der Waals surface area contributed by atoms with E-state index in [4.69, 9.17) is 37.4 Å². The van der Waals surface area contributed by atoms with Crippen LogP contribution >= 0.6 is 23.2 Å². The number of nitrogens with one attached hydrogen (secondary N) is 1. The molecule has 9 heteroatoms. The van der Waals surface area contributed by atoms with Crippen LogP contribution in [0.3, 0.4) is 0 Å². The van der Waals surface area contributed by atoms with Gasteiger partial charge in [-0.3, -0.25) is 4.98 Å². The molecule has 27 heavy (non-hydrogen) atoms. The van der Waals surface area contributed by atoms with Crippen LogP contribution in [0.15, 0.2) is 42.6 Å². The zero-order chi connectivity index (χ0) is 19.2. The van der Waals surface area contributed by atoms with E-state index in [1.807, 2.05) is 0 Å². The number of ether oxygens (including phenoxy) is 3. The number of aromatic nitrogens is 3. The third-order valence-corrected chi connectivity index (χ3v) is 4.07. The summed E-state index contributed by atoms with van der Waals surface area (Å²) in [6.45, 7) is 0.358.